The number of aromatic nitrogens is 1. The van der Waals surface area contributed by atoms with Crippen LogP contribution in [0, 0.1) is 6.92 Å². The quantitative estimate of drug-likeness (QED) is 0.909. The molecule has 0 aliphatic rings. The Morgan fingerprint density at radius 1 is 1.37 bits per heavy atom. The lowest BCUT2D eigenvalue weighted by molar-refractivity contribution is 0.0702. The number of rotatable bonds is 4. The predicted molar refractivity (Wildman–Crippen MR) is 74.0 cm³/mol. The minimum atomic E-state index is -1.02. The van der Waals surface area contributed by atoms with Gasteiger partial charge in [0.15, 0.2) is 0 Å². The Morgan fingerprint density at radius 2 is 2.05 bits per heavy atom. The van der Waals surface area contributed by atoms with Crippen molar-refractivity contribution in [3.8, 4) is 0 Å². The van der Waals surface area contributed by atoms with Crippen molar-refractivity contribution in [1.29, 1.82) is 0 Å². The summed E-state index contributed by atoms with van der Waals surface area (Å²) >= 11 is 2.45. The molecular formula is C12H12N2O3S2. The van der Waals surface area contributed by atoms with Crippen LogP contribution in [0.5, 0.6) is 0 Å². The Labute approximate surface area is 117 Å². The van der Waals surface area contributed by atoms with Crippen LogP contribution in [0.3, 0.4) is 0 Å². The topological polar surface area (TPSA) is 79.3 Å². The fraction of sp³-hybridized carbons (Fsp3) is 0.250. The highest BCUT2D eigenvalue weighted by molar-refractivity contribution is 7.15. The summed E-state index contributed by atoms with van der Waals surface area (Å²) in [6.45, 7) is 3.74. The monoisotopic (exact) mass is 296 g/mol. The molecule has 19 heavy (non-hydrogen) atoms. The van der Waals surface area contributed by atoms with Crippen LogP contribution in [0.4, 0.5) is 0 Å². The molecule has 5 nitrogen and oxygen atoms in total. The average molecular weight is 296 g/mol. The number of aromatic carboxylic acids is 1. The molecular weight excluding hydrogens is 284 g/mol. The van der Waals surface area contributed by atoms with Crippen LogP contribution in [0.1, 0.15) is 43.0 Å². The maximum atomic E-state index is 12.0. The molecule has 1 atom stereocenters. The number of hydrogen-bond donors (Lipinski definition) is 2. The molecule has 2 aromatic rings. The summed E-state index contributed by atoms with van der Waals surface area (Å²) in [6, 6.07) is 2.75. The average Bonchev–Trinajstić information content (AvgIpc) is 2.96. The van der Waals surface area contributed by atoms with E-state index < -0.39 is 5.97 Å². The van der Waals surface area contributed by atoms with Crippen LogP contribution in [-0.2, 0) is 0 Å². The molecule has 2 aromatic heterocycles. The minimum absolute atomic E-state index is 0.155. The molecule has 0 aliphatic carbocycles. The number of aryl methyl sites for hydroxylation is 1. The maximum Gasteiger partial charge on any atom is 0.345 e. The highest BCUT2D eigenvalue weighted by Crippen LogP contribution is 2.20. The summed E-state index contributed by atoms with van der Waals surface area (Å²) in [7, 11) is 0. The van der Waals surface area contributed by atoms with E-state index in [-0.39, 0.29) is 16.8 Å². The van der Waals surface area contributed by atoms with E-state index in [2.05, 4.69) is 10.3 Å². The summed E-state index contributed by atoms with van der Waals surface area (Å²) in [6.07, 6.45) is 0. The van der Waals surface area contributed by atoms with Gasteiger partial charge in [-0.15, -0.1) is 22.7 Å². The Hall–Kier alpha value is -1.73. The first kappa shape index (κ1) is 13.7. The zero-order valence-corrected chi connectivity index (χ0v) is 12.0. The molecule has 2 N–H and O–H groups in total. The van der Waals surface area contributed by atoms with E-state index in [0.717, 1.165) is 22.0 Å². The van der Waals surface area contributed by atoms with E-state index >= 15 is 0 Å². The van der Waals surface area contributed by atoms with Crippen LogP contribution < -0.4 is 5.32 Å². The number of nitrogens with zero attached hydrogens (tertiary/aromatic N) is 1. The van der Waals surface area contributed by atoms with E-state index in [9.17, 15) is 9.59 Å². The van der Waals surface area contributed by atoms with Crippen molar-refractivity contribution in [2.45, 2.75) is 19.9 Å². The normalized spacial score (nSPS) is 12.1. The van der Waals surface area contributed by atoms with Gasteiger partial charge >= 0.3 is 5.97 Å². The fourth-order valence-electron chi connectivity index (χ4n) is 1.48. The van der Waals surface area contributed by atoms with Crippen LogP contribution in [-0.4, -0.2) is 22.0 Å². The van der Waals surface area contributed by atoms with Gasteiger partial charge in [0.25, 0.3) is 5.91 Å². The number of amides is 1. The third kappa shape index (κ3) is 3.18. The van der Waals surface area contributed by atoms with Gasteiger partial charge in [-0.05, 0) is 26.0 Å². The predicted octanol–water partition coefficient (Wildman–Crippen LogP) is 2.70. The number of thiazole rings is 1. The zero-order valence-electron chi connectivity index (χ0n) is 10.3. The first-order valence-electron chi connectivity index (χ1n) is 5.53. The zero-order chi connectivity index (χ0) is 14.0. The molecule has 1 unspecified atom stereocenters. The van der Waals surface area contributed by atoms with E-state index in [1.54, 1.807) is 0 Å². The highest BCUT2D eigenvalue weighted by Gasteiger charge is 2.17. The molecule has 0 fully saturated rings. The van der Waals surface area contributed by atoms with Crippen molar-refractivity contribution in [1.82, 2.24) is 10.3 Å². The van der Waals surface area contributed by atoms with Crippen LogP contribution in [0.2, 0.25) is 0 Å². The number of carbonyl (C=O) groups excluding carboxylic acids is 1. The number of nitrogens with one attached hydrogen (secondary N) is 1. The fourth-order valence-corrected chi connectivity index (χ4v) is 3.03. The molecule has 1 amide bonds. The Bertz CT molecular complexity index is 618. The Balaban J connectivity index is 2.06. The molecule has 0 saturated carbocycles. The number of carboxylic acids is 1. The highest BCUT2D eigenvalue weighted by atomic mass is 32.1. The van der Waals surface area contributed by atoms with Crippen molar-refractivity contribution in [2.24, 2.45) is 0 Å². The van der Waals surface area contributed by atoms with Gasteiger partial charge in [-0.2, -0.15) is 0 Å². The van der Waals surface area contributed by atoms with Crippen molar-refractivity contribution in [2.75, 3.05) is 0 Å². The molecule has 0 bridgehead atoms. The molecule has 0 aliphatic heterocycles. The van der Waals surface area contributed by atoms with Gasteiger partial charge < -0.3 is 10.4 Å². The van der Waals surface area contributed by atoms with Gasteiger partial charge in [-0.3, -0.25) is 4.79 Å². The number of thiophene rings is 1. The lowest BCUT2D eigenvalue weighted by atomic mass is 10.3. The molecule has 2 heterocycles. The van der Waals surface area contributed by atoms with Crippen LogP contribution in [0.15, 0.2) is 17.5 Å². The molecule has 0 spiro atoms. The van der Waals surface area contributed by atoms with Gasteiger partial charge in [-0.25, -0.2) is 9.78 Å². The van der Waals surface area contributed by atoms with E-state index in [1.165, 1.54) is 23.5 Å². The second-order valence-electron chi connectivity index (χ2n) is 3.99. The minimum Gasteiger partial charge on any atom is -0.477 e. The van der Waals surface area contributed by atoms with Crippen molar-refractivity contribution < 1.29 is 14.7 Å². The SMILES string of the molecule is Cc1csc(C(C)NC(=O)c2ccc(C(=O)O)s2)n1. The largest absolute Gasteiger partial charge is 0.477 e. The van der Waals surface area contributed by atoms with Gasteiger partial charge in [0.1, 0.15) is 9.88 Å². The summed E-state index contributed by atoms with van der Waals surface area (Å²) in [5.74, 6) is -1.30. The van der Waals surface area contributed by atoms with E-state index in [1.807, 2.05) is 19.2 Å². The van der Waals surface area contributed by atoms with E-state index in [0.29, 0.717) is 4.88 Å². The number of carbonyl (C=O) groups is 2. The lowest BCUT2D eigenvalue weighted by Gasteiger charge is -2.09. The lowest BCUT2D eigenvalue weighted by Crippen LogP contribution is -2.25. The Kier molecular flexibility index (Phi) is 3.96. The molecule has 7 heteroatoms. The molecule has 2 rings (SSSR count). The molecule has 0 radical (unpaired) electrons. The van der Waals surface area contributed by atoms with Crippen molar-refractivity contribution >= 4 is 34.6 Å². The first-order chi connectivity index (χ1) is 8.97. The summed E-state index contributed by atoms with van der Waals surface area (Å²) in [4.78, 5) is 27.6. The Morgan fingerprint density at radius 3 is 2.58 bits per heavy atom. The molecule has 0 aromatic carbocycles. The van der Waals surface area contributed by atoms with E-state index in [4.69, 9.17) is 5.11 Å². The molecule has 100 valence electrons. The van der Waals surface area contributed by atoms with Crippen LogP contribution >= 0.6 is 22.7 Å². The van der Waals surface area contributed by atoms with Gasteiger partial charge in [-0.1, -0.05) is 0 Å². The van der Waals surface area contributed by atoms with Crippen LogP contribution in [0.25, 0.3) is 0 Å². The summed E-state index contributed by atoms with van der Waals surface area (Å²) in [5.41, 5.74) is 0.922. The number of hydrogen-bond acceptors (Lipinski definition) is 5. The van der Waals surface area contributed by atoms with Gasteiger partial charge in [0.2, 0.25) is 0 Å². The second-order valence-corrected chi connectivity index (χ2v) is 5.96. The van der Waals surface area contributed by atoms with Gasteiger partial charge in [0.05, 0.1) is 10.9 Å². The van der Waals surface area contributed by atoms with Crippen molar-refractivity contribution in [3.63, 3.8) is 0 Å². The third-order valence-electron chi connectivity index (χ3n) is 2.40. The third-order valence-corrected chi connectivity index (χ3v) is 4.61. The first-order valence-corrected chi connectivity index (χ1v) is 7.23. The molecule has 0 saturated heterocycles. The summed E-state index contributed by atoms with van der Waals surface area (Å²) in [5, 5.41) is 14.4. The standard InChI is InChI=1S/C12H12N2O3S2/c1-6-5-18-11(13-6)7(2)14-10(15)8-3-4-9(19-8)12(16)17/h3-5,7H,1-2H3,(H,14,15)(H,16,17). The van der Waals surface area contributed by atoms with Crippen molar-refractivity contribution in [3.05, 3.63) is 38.0 Å². The maximum absolute atomic E-state index is 12.0. The van der Waals surface area contributed by atoms with Gasteiger partial charge in [0, 0.05) is 11.1 Å². The number of carboxylic acid groups (broad SMARTS) is 1. The summed E-state index contributed by atoms with van der Waals surface area (Å²) < 4.78 is 0. The smallest absolute Gasteiger partial charge is 0.345 e. The second kappa shape index (κ2) is 5.50.